The van der Waals surface area contributed by atoms with Gasteiger partial charge in [-0.2, -0.15) is 5.26 Å². The lowest BCUT2D eigenvalue weighted by Gasteiger charge is -2.31. The highest BCUT2D eigenvalue weighted by molar-refractivity contribution is 5.69. The topological polar surface area (TPSA) is 62.1 Å². The number of halogens is 2. The van der Waals surface area contributed by atoms with Crippen LogP contribution in [-0.2, 0) is 4.74 Å². The number of hydrogen-bond acceptors (Lipinski definition) is 3. The van der Waals surface area contributed by atoms with E-state index in [1.54, 1.807) is 0 Å². The molecule has 1 fully saturated rings. The van der Waals surface area contributed by atoms with Gasteiger partial charge in [0.05, 0.1) is 11.6 Å². The predicted octanol–water partition coefficient (Wildman–Crippen LogP) is 1.97. The number of rotatable bonds is 1. The quantitative estimate of drug-likeness (QED) is 0.813. The van der Waals surface area contributed by atoms with Gasteiger partial charge in [-0.3, -0.25) is 0 Å². The van der Waals surface area contributed by atoms with E-state index in [4.69, 9.17) is 5.26 Å². The van der Waals surface area contributed by atoms with E-state index >= 15 is 0 Å². The average molecular weight is 238 g/mol. The molecule has 17 heavy (non-hydrogen) atoms. The summed E-state index contributed by atoms with van der Waals surface area (Å²) in [4.78, 5) is 10.9. The molecule has 1 aliphatic rings. The monoisotopic (exact) mass is 238 g/mol. The number of cyclic esters (lactones) is 1. The third kappa shape index (κ3) is 2.18. The molecule has 1 heterocycles. The van der Waals surface area contributed by atoms with Crippen molar-refractivity contribution in [2.45, 2.75) is 12.0 Å². The lowest BCUT2D eigenvalue weighted by atomic mass is 9.99. The van der Waals surface area contributed by atoms with Crippen LogP contribution in [0.5, 0.6) is 0 Å². The molecule has 0 radical (unpaired) electrons. The zero-order valence-electron chi connectivity index (χ0n) is 8.61. The molecule has 6 heteroatoms. The van der Waals surface area contributed by atoms with E-state index in [-0.39, 0.29) is 5.56 Å². The van der Waals surface area contributed by atoms with Crippen molar-refractivity contribution in [1.82, 2.24) is 5.32 Å². The third-order valence-corrected chi connectivity index (χ3v) is 2.45. The first kappa shape index (κ1) is 11.3. The molecule has 2 rings (SSSR count). The maximum absolute atomic E-state index is 13.5. The molecule has 1 N–H and O–H groups in total. The van der Waals surface area contributed by atoms with E-state index in [0.29, 0.717) is 5.56 Å². The Bertz CT molecular complexity index is 479. The molecule has 0 bridgehead atoms. The number of alkyl halides is 2. The van der Waals surface area contributed by atoms with E-state index in [0.717, 1.165) is 0 Å². The summed E-state index contributed by atoms with van der Waals surface area (Å²) < 4.78 is 31.2. The van der Waals surface area contributed by atoms with Crippen LogP contribution in [0.1, 0.15) is 17.2 Å². The van der Waals surface area contributed by atoms with Gasteiger partial charge < -0.3 is 10.1 Å². The molecule has 0 unspecified atom stereocenters. The van der Waals surface area contributed by atoms with Gasteiger partial charge in [0.15, 0.2) is 6.61 Å². The highest BCUT2D eigenvalue weighted by atomic mass is 19.3. The molecule has 4 nitrogen and oxygen atoms in total. The fourth-order valence-electron chi connectivity index (χ4n) is 1.59. The van der Waals surface area contributed by atoms with Gasteiger partial charge in [0, 0.05) is 0 Å². The molecule has 0 aromatic heterocycles. The zero-order chi connectivity index (χ0) is 12.5. The minimum atomic E-state index is -3.16. The number of alkyl carbamates (subject to hydrolysis) is 1. The molecular weight excluding hydrogens is 230 g/mol. The van der Waals surface area contributed by atoms with Gasteiger partial charge in [-0.1, -0.05) is 12.1 Å². The van der Waals surface area contributed by atoms with Gasteiger partial charge in [0.2, 0.25) is 0 Å². The number of nitrogens with zero attached hydrogens (tertiary/aromatic N) is 1. The summed E-state index contributed by atoms with van der Waals surface area (Å²) in [6.45, 7) is -0.941. The van der Waals surface area contributed by atoms with Gasteiger partial charge in [-0.25, -0.2) is 13.6 Å². The molecule has 0 saturated carbocycles. The summed E-state index contributed by atoms with van der Waals surface area (Å²) in [5.74, 6) is -3.16. The maximum atomic E-state index is 13.5. The summed E-state index contributed by atoms with van der Waals surface area (Å²) in [5.41, 5.74) is 0.612. The Morgan fingerprint density at radius 3 is 2.65 bits per heavy atom. The number of nitriles is 1. The van der Waals surface area contributed by atoms with Gasteiger partial charge in [-0.05, 0) is 17.7 Å². The highest BCUT2D eigenvalue weighted by Gasteiger charge is 2.46. The minimum Gasteiger partial charge on any atom is -0.443 e. The van der Waals surface area contributed by atoms with Crippen molar-refractivity contribution < 1.29 is 18.3 Å². The van der Waals surface area contributed by atoms with Crippen molar-refractivity contribution in [3.63, 3.8) is 0 Å². The SMILES string of the molecule is N#Cc1ccc([C@@H]2NC(=O)OCC2(F)F)cc1. The summed E-state index contributed by atoms with van der Waals surface area (Å²) in [5, 5.41) is 10.7. The van der Waals surface area contributed by atoms with Crippen LogP contribution >= 0.6 is 0 Å². The number of nitrogens with one attached hydrogen (secondary N) is 1. The second-order valence-corrected chi connectivity index (χ2v) is 3.65. The van der Waals surface area contributed by atoms with Crippen molar-refractivity contribution in [3.8, 4) is 6.07 Å². The Kier molecular flexibility index (Phi) is 2.68. The first-order valence-corrected chi connectivity index (χ1v) is 4.84. The standard InChI is InChI=1S/C11H8F2N2O2/c12-11(13)6-17-10(16)15-9(11)8-3-1-7(5-14)2-4-8/h1-4,9H,6H2,(H,15,16)/t9-/m0/s1. The Morgan fingerprint density at radius 1 is 1.41 bits per heavy atom. The molecular formula is C11H8F2N2O2. The first-order chi connectivity index (χ1) is 8.03. The molecule has 0 spiro atoms. The van der Waals surface area contributed by atoms with Crippen LogP contribution in [0.4, 0.5) is 13.6 Å². The Hall–Kier alpha value is -2.16. The molecule has 88 valence electrons. The predicted molar refractivity (Wildman–Crippen MR) is 53.3 cm³/mol. The van der Waals surface area contributed by atoms with Crippen LogP contribution in [0, 0.1) is 11.3 Å². The van der Waals surface area contributed by atoms with Crippen LogP contribution in [0.15, 0.2) is 24.3 Å². The molecule has 1 aromatic carbocycles. The highest BCUT2D eigenvalue weighted by Crippen LogP contribution is 2.34. The maximum Gasteiger partial charge on any atom is 0.408 e. The summed E-state index contributed by atoms with van der Waals surface area (Å²) >= 11 is 0. The van der Waals surface area contributed by atoms with Crippen molar-refractivity contribution >= 4 is 6.09 Å². The molecule has 1 amide bonds. The van der Waals surface area contributed by atoms with Gasteiger partial charge in [-0.15, -0.1) is 0 Å². The molecule has 1 aromatic rings. The second kappa shape index (κ2) is 4.01. The van der Waals surface area contributed by atoms with Gasteiger partial charge in [0.1, 0.15) is 6.04 Å². The summed E-state index contributed by atoms with van der Waals surface area (Å²) in [6, 6.07) is 6.10. The lowest BCUT2D eigenvalue weighted by Crippen LogP contribution is -2.49. The number of hydrogen-bond donors (Lipinski definition) is 1. The second-order valence-electron chi connectivity index (χ2n) is 3.65. The number of amides is 1. The third-order valence-electron chi connectivity index (χ3n) is 2.45. The van der Waals surface area contributed by atoms with E-state index in [1.807, 2.05) is 6.07 Å². The smallest absolute Gasteiger partial charge is 0.408 e. The van der Waals surface area contributed by atoms with Crippen molar-refractivity contribution in [3.05, 3.63) is 35.4 Å². The summed E-state index contributed by atoms with van der Waals surface area (Å²) in [7, 11) is 0. The number of ether oxygens (including phenoxy) is 1. The van der Waals surface area contributed by atoms with Crippen LogP contribution in [0.2, 0.25) is 0 Å². The van der Waals surface area contributed by atoms with E-state index in [1.165, 1.54) is 24.3 Å². The van der Waals surface area contributed by atoms with E-state index < -0.39 is 24.7 Å². The minimum absolute atomic E-state index is 0.241. The number of carbonyl (C=O) groups excluding carboxylic acids is 1. The van der Waals surface area contributed by atoms with Crippen LogP contribution in [0.3, 0.4) is 0 Å². The van der Waals surface area contributed by atoms with Crippen molar-refractivity contribution in [1.29, 1.82) is 5.26 Å². The Balaban J connectivity index is 2.30. The first-order valence-electron chi connectivity index (χ1n) is 4.84. The zero-order valence-corrected chi connectivity index (χ0v) is 8.61. The van der Waals surface area contributed by atoms with Crippen LogP contribution in [0.25, 0.3) is 0 Å². The fourth-order valence-corrected chi connectivity index (χ4v) is 1.59. The van der Waals surface area contributed by atoms with Crippen molar-refractivity contribution in [2.24, 2.45) is 0 Å². The Labute approximate surface area is 95.8 Å². The lowest BCUT2D eigenvalue weighted by molar-refractivity contribution is -0.104. The normalized spacial score (nSPS) is 22.2. The average Bonchev–Trinajstić information content (AvgIpc) is 2.33. The molecule has 1 saturated heterocycles. The largest absolute Gasteiger partial charge is 0.443 e. The van der Waals surface area contributed by atoms with Gasteiger partial charge in [0.25, 0.3) is 0 Å². The van der Waals surface area contributed by atoms with E-state index in [2.05, 4.69) is 10.1 Å². The van der Waals surface area contributed by atoms with Crippen LogP contribution < -0.4 is 5.32 Å². The number of benzene rings is 1. The van der Waals surface area contributed by atoms with Gasteiger partial charge >= 0.3 is 12.0 Å². The van der Waals surface area contributed by atoms with Crippen molar-refractivity contribution in [2.75, 3.05) is 6.61 Å². The Morgan fingerprint density at radius 2 is 2.06 bits per heavy atom. The fraction of sp³-hybridized carbons (Fsp3) is 0.273. The molecule has 0 aliphatic carbocycles. The van der Waals surface area contributed by atoms with E-state index in [9.17, 15) is 13.6 Å². The molecule has 1 aliphatic heterocycles. The number of carbonyl (C=O) groups is 1. The summed E-state index contributed by atoms with van der Waals surface area (Å²) in [6.07, 6.45) is -0.870. The van der Waals surface area contributed by atoms with Crippen LogP contribution in [-0.4, -0.2) is 18.6 Å². The molecule has 1 atom stereocenters.